The Balaban J connectivity index is 1.63. The zero-order chi connectivity index (χ0) is 21.3. The molecule has 0 unspecified atom stereocenters. The number of para-hydroxylation sites is 1. The molecule has 0 aliphatic heterocycles. The van der Waals surface area contributed by atoms with Gasteiger partial charge in [0.05, 0.1) is 5.75 Å². The third-order valence-electron chi connectivity index (χ3n) is 4.67. The summed E-state index contributed by atoms with van der Waals surface area (Å²) in [6, 6.07) is 13.1. The number of halogens is 1. The average molecular weight is 486 g/mol. The fraction of sp³-hybridized carbons (Fsp3) is 0.227. The summed E-state index contributed by atoms with van der Waals surface area (Å²) in [7, 11) is 0. The molecule has 8 heteroatoms. The Labute approximate surface area is 185 Å². The first-order chi connectivity index (χ1) is 14.5. The van der Waals surface area contributed by atoms with Crippen molar-refractivity contribution < 1.29 is 9.21 Å². The Morgan fingerprint density at radius 3 is 2.83 bits per heavy atom. The van der Waals surface area contributed by atoms with Gasteiger partial charge in [0.1, 0.15) is 11.1 Å². The van der Waals surface area contributed by atoms with E-state index in [2.05, 4.69) is 21.2 Å². The van der Waals surface area contributed by atoms with E-state index in [1.807, 2.05) is 56.3 Å². The SMILES string of the molecule is CCCn1c(SCC(=O)Nc2ccc(Br)c(C)c2)nc2c(oc3ccccc32)c1=O. The number of hydrogen-bond acceptors (Lipinski definition) is 5. The molecular weight excluding hydrogens is 466 g/mol. The van der Waals surface area contributed by atoms with Crippen molar-refractivity contribution in [3.05, 3.63) is 62.9 Å². The second kappa shape index (κ2) is 8.65. The van der Waals surface area contributed by atoms with Crippen molar-refractivity contribution in [2.75, 3.05) is 11.1 Å². The number of anilines is 1. The predicted octanol–water partition coefficient (Wildman–Crippen LogP) is 5.35. The second-order valence-electron chi connectivity index (χ2n) is 6.93. The minimum atomic E-state index is -0.218. The van der Waals surface area contributed by atoms with Crippen LogP contribution in [0.25, 0.3) is 22.1 Å². The van der Waals surface area contributed by atoms with Gasteiger partial charge < -0.3 is 9.73 Å². The molecule has 0 aliphatic carbocycles. The van der Waals surface area contributed by atoms with Crippen LogP contribution in [-0.4, -0.2) is 21.2 Å². The number of carbonyl (C=O) groups is 1. The number of furan rings is 1. The van der Waals surface area contributed by atoms with Crippen molar-refractivity contribution in [2.45, 2.75) is 32.0 Å². The summed E-state index contributed by atoms with van der Waals surface area (Å²) < 4.78 is 8.34. The number of fused-ring (bicyclic) bond motifs is 3. The van der Waals surface area contributed by atoms with E-state index in [4.69, 9.17) is 9.40 Å². The van der Waals surface area contributed by atoms with Gasteiger partial charge in [-0.2, -0.15) is 0 Å². The lowest BCUT2D eigenvalue weighted by atomic mass is 10.2. The number of thioether (sulfide) groups is 1. The highest BCUT2D eigenvalue weighted by Gasteiger charge is 2.18. The molecule has 0 bridgehead atoms. The van der Waals surface area contributed by atoms with Gasteiger partial charge in [0.15, 0.2) is 5.16 Å². The van der Waals surface area contributed by atoms with Crippen molar-refractivity contribution in [1.29, 1.82) is 0 Å². The van der Waals surface area contributed by atoms with E-state index in [1.54, 1.807) is 4.57 Å². The average Bonchev–Trinajstić information content (AvgIpc) is 3.10. The lowest BCUT2D eigenvalue weighted by Crippen LogP contribution is -2.23. The van der Waals surface area contributed by atoms with Gasteiger partial charge in [0.25, 0.3) is 5.56 Å². The summed E-state index contributed by atoms with van der Waals surface area (Å²) in [5.74, 6) is -0.0109. The highest BCUT2D eigenvalue weighted by molar-refractivity contribution is 9.10. The minimum absolute atomic E-state index is 0.145. The van der Waals surface area contributed by atoms with Crippen LogP contribution in [0.3, 0.4) is 0 Å². The molecule has 2 heterocycles. The molecule has 0 fully saturated rings. The van der Waals surface area contributed by atoms with Crippen LogP contribution >= 0.6 is 27.7 Å². The van der Waals surface area contributed by atoms with Crippen molar-refractivity contribution in [3.8, 4) is 0 Å². The maximum Gasteiger partial charge on any atom is 0.297 e. The monoisotopic (exact) mass is 485 g/mol. The first-order valence-corrected chi connectivity index (χ1v) is 11.4. The molecule has 2 aromatic heterocycles. The molecule has 4 rings (SSSR count). The van der Waals surface area contributed by atoms with E-state index < -0.39 is 0 Å². The summed E-state index contributed by atoms with van der Waals surface area (Å²) in [4.78, 5) is 30.2. The van der Waals surface area contributed by atoms with Crippen LogP contribution < -0.4 is 10.9 Å². The Hall–Kier alpha value is -2.58. The third kappa shape index (κ3) is 4.02. The molecule has 0 atom stereocenters. The highest BCUT2D eigenvalue weighted by atomic mass is 79.9. The third-order valence-corrected chi connectivity index (χ3v) is 6.53. The number of nitrogens with zero attached hydrogens (tertiary/aromatic N) is 2. The number of aromatic nitrogens is 2. The smallest absolute Gasteiger partial charge is 0.297 e. The number of carbonyl (C=O) groups excluding carboxylic acids is 1. The van der Waals surface area contributed by atoms with Crippen molar-refractivity contribution >= 4 is 61.4 Å². The van der Waals surface area contributed by atoms with Crippen LogP contribution in [0.4, 0.5) is 5.69 Å². The molecule has 30 heavy (non-hydrogen) atoms. The molecule has 1 amide bonds. The standard InChI is InChI=1S/C22H20BrN3O3S/c1-3-10-26-21(28)20-19(15-6-4-5-7-17(15)29-20)25-22(26)30-12-18(27)24-14-8-9-16(23)13(2)11-14/h4-9,11H,3,10,12H2,1-2H3,(H,24,27). The summed E-state index contributed by atoms with van der Waals surface area (Å²) >= 11 is 4.71. The topological polar surface area (TPSA) is 77.1 Å². The number of aryl methyl sites for hydroxylation is 1. The largest absolute Gasteiger partial charge is 0.448 e. The summed E-state index contributed by atoms with van der Waals surface area (Å²) in [6.07, 6.45) is 0.769. The van der Waals surface area contributed by atoms with E-state index in [9.17, 15) is 9.59 Å². The van der Waals surface area contributed by atoms with Crippen molar-refractivity contribution in [1.82, 2.24) is 9.55 Å². The van der Waals surface area contributed by atoms with Crippen LogP contribution in [0, 0.1) is 6.92 Å². The Morgan fingerprint density at radius 1 is 1.27 bits per heavy atom. The zero-order valence-electron chi connectivity index (χ0n) is 16.6. The second-order valence-corrected chi connectivity index (χ2v) is 8.72. The first kappa shape index (κ1) is 20.7. The number of hydrogen-bond donors (Lipinski definition) is 1. The van der Waals surface area contributed by atoms with E-state index in [0.717, 1.165) is 27.5 Å². The highest BCUT2D eigenvalue weighted by Crippen LogP contribution is 2.27. The maximum absolute atomic E-state index is 13.0. The fourth-order valence-corrected chi connectivity index (χ4v) is 4.30. The number of nitrogens with one attached hydrogen (secondary N) is 1. The molecule has 1 N–H and O–H groups in total. The van der Waals surface area contributed by atoms with Crippen LogP contribution in [0.5, 0.6) is 0 Å². The minimum Gasteiger partial charge on any atom is -0.448 e. The van der Waals surface area contributed by atoms with Crippen LogP contribution in [0.2, 0.25) is 0 Å². The molecule has 4 aromatic rings. The summed E-state index contributed by atoms with van der Waals surface area (Å²) in [5.41, 5.74) is 2.97. The first-order valence-electron chi connectivity index (χ1n) is 9.58. The van der Waals surface area contributed by atoms with Crippen molar-refractivity contribution in [3.63, 3.8) is 0 Å². The van der Waals surface area contributed by atoms with E-state index in [-0.39, 0.29) is 22.8 Å². The number of amides is 1. The van der Waals surface area contributed by atoms with Gasteiger partial charge in [-0.25, -0.2) is 4.98 Å². The molecule has 0 saturated heterocycles. The maximum atomic E-state index is 13.0. The lowest BCUT2D eigenvalue weighted by Gasteiger charge is -2.11. The number of benzene rings is 2. The van der Waals surface area contributed by atoms with E-state index in [1.165, 1.54) is 11.8 Å². The fourth-order valence-electron chi connectivity index (χ4n) is 3.23. The molecule has 154 valence electrons. The van der Waals surface area contributed by atoms with Crippen molar-refractivity contribution in [2.24, 2.45) is 0 Å². The molecule has 6 nitrogen and oxygen atoms in total. The molecule has 0 aliphatic rings. The zero-order valence-corrected chi connectivity index (χ0v) is 19.0. The summed E-state index contributed by atoms with van der Waals surface area (Å²) in [6.45, 7) is 4.47. The van der Waals surface area contributed by atoms with Gasteiger partial charge in [-0.1, -0.05) is 46.7 Å². The Morgan fingerprint density at radius 2 is 2.07 bits per heavy atom. The van der Waals surface area contributed by atoms with Gasteiger partial charge in [-0.05, 0) is 49.2 Å². The normalized spacial score (nSPS) is 11.3. The summed E-state index contributed by atoms with van der Waals surface area (Å²) in [5, 5.41) is 4.21. The van der Waals surface area contributed by atoms with Gasteiger partial charge in [0, 0.05) is 22.1 Å². The van der Waals surface area contributed by atoms with Gasteiger partial charge in [-0.15, -0.1) is 0 Å². The molecule has 2 aromatic carbocycles. The number of rotatable bonds is 6. The Bertz CT molecular complexity index is 1310. The lowest BCUT2D eigenvalue weighted by molar-refractivity contribution is -0.113. The molecular formula is C22H20BrN3O3S. The van der Waals surface area contributed by atoms with Gasteiger partial charge in [-0.3, -0.25) is 14.2 Å². The van der Waals surface area contributed by atoms with Crippen LogP contribution in [0.1, 0.15) is 18.9 Å². The predicted molar refractivity (Wildman–Crippen MR) is 124 cm³/mol. The Kier molecular flexibility index (Phi) is 5.97. The van der Waals surface area contributed by atoms with Gasteiger partial charge in [0.2, 0.25) is 11.5 Å². The molecule has 0 radical (unpaired) electrons. The van der Waals surface area contributed by atoms with Crippen LogP contribution in [0.15, 0.2) is 61.3 Å². The van der Waals surface area contributed by atoms with E-state index in [0.29, 0.717) is 22.8 Å². The quantitative estimate of drug-likeness (QED) is 0.294. The van der Waals surface area contributed by atoms with E-state index >= 15 is 0 Å². The molecule has 0 spiro atoms. The molecule has 0 saturated carbocycles. The van der Waals surface area contributed by atoms with Gasteiger partial charge >= 0.3 is 0 Å². The van der Waals surface area contributed by atoms with Crippen LogP contribution in [-0.2, 0) is 11.3 Å².